The highest BCUT2D eigenvalue weighted by Crippen LogP contribution is 2.03. The lowest BCUT2D eigenvalue weighted by Crippen LogP contribution is -1.98. The van der Waals surface area contributed by atoms with E-state index in [1.54, 1.807) is 0 Å². The van der Waals surface area contributed by atoms with Crippen molar-refractivity contribution in [3.63, 3.8) is 0 Å². The second kappa shape index (κ2) is 13.2. The van der Waals surface area contributed by atoms with E-state index in [9.17, 15) is 0 Å². The van der Waals surface area contributed by atoms with E-state index in [0.29, 0.717) is 6.54 Å². The summed E-state index contributed by atoms with van der Waals surface area (Å²) in [5, 5.41) is 8.14. The highest BCUT2D eigenvalue weighted by atomic mass is 16.2. The molecule has 1 aromatic carbocycles. The van der Waals surface area contributed by atoms with Gasteiger partial charge in [-0.15, -0.1) is 0 Å². The summed E-state index contributed by atoms with van der Waals surface area (Å²) in [4.78, 5) is 0. The van der Waals surface area contributed by atoms with Gasteiger partial charge in [0.15, 0.2) is 0 Å². The van der Waals surface area contributed by atoms with Crippen LogP contribution in [-0.4, -0.2) is 24.8 Å². The number of benzene rings is 1. The van der Waals surface area contributed by atoms with Crippen LogP contribution in [0.5, 0.6) is 0 Å². The molecule has 1 rings (SSSR count). The Labute approximate surface area is 105 Å². The topological polar surface area (TPSA) is 72.3 Å². The van der Waals surface area contributed by atoms with Gasteiger partial charge in [0.2, 0.25) is 0 Å². The minimum Gasteiger partial charge on any atom is -0.396 e. The zero-order valence-electron chi connectivity index (χ0n) is 10.6. The monoisotopic (exact) mass is 238 g/mol. The van der Waals surface area contributed by atoms with Gasteiger partial charge >= 0.3 is 0 Å². The molecular weight excluding hydrogens is 212 g/mol. The zero-order valence-corrected chi connectivity index (χ0v) is 10.6. The molecule has 0 bridgehead atoms. The van der Waals surface area contributed by atoms with Crippen LogP contribution >= 0.6 is 0 Å². The molecule has 0 amide bonds. The smallest absolute Gasteiger partial charge is 0.0431 e. The van der Waals surface area contributed by atoms with Crippen molar-refractivity contribution in [2.75, 3.05) is 19.7 Å². The van der Waals surface area contributed by atoms with Gasteiger partial charge in [-0.25, -0.2) is 0 Å². The molecule has 0 fully saturated rings. The number of nitrogens with two attached hydrogens (primary N) is 2. The third-order valence-electron chi connectivity index (χ3n) is 2.37. The number of aliphatic hydroxyl groups excluding tert-OH is 1. The minimum absolute atomic E-state index is 0.275. The Bertz CT molecular complexity index is 235. The Kier molecular flexibility index (Phi) is 12.5. The number of rotatable bonds is 7. The van der Waals surface area contributed by atoms with Crippen LogP contribution in [0.15, 0.2) is 30.3 Å². The number of hydrogen-bond donors (Lipinski definition) is 3. The van der Waals surface area contributed by atoms with E-state index in [-0.39, 0.29) is 6.61 Å². The second-order valence-electron chi connectivity index (χ2n) is 3.95. The van der Waals surface area contributed by atoms with Crippen LogP contribution in [0.2, 0.25) is 0 Å². The van der Waals surface area contributed by atoms with Crippen LogP contribution in [0.3, 0.4) is 0 Å². The van der Waals surface area contributed by atoms with Gasteiger partial charge in [0, 0.05) is 6.61 Å². The van der Waals surface area contributed by atoms with Gasteiger partial charge in [0.1, 0.15) is 0 Å². The predicted octanol–water partition coefficient (Wildman–Crippen LogP) is 1.69. The van der Waals surface area contributed by atoms with E-state index < -0.39 is 0 Å². The summed E-state index contributed by atoms with van der Waals surface area (Å²) >= 11 is 0. The van der Waals surface area contributed by atoms with E-state index in [0.717, 1.165) is 32.2 Å². The molecule has 5 N–H and O–H groups in total. The van der Waals surface area contributed by atoms with Crippen molar-refractivity contribution in [2.24, 2.45) is 11.5 Å². The van der Waals surface area contributed by atoms with Crippen LogP contribution in [0.25, 0.3) is 0 Å². The predicted molar refractivity (Wildman–Crippen MR) is 73.8 cm³/mol. The number of aliphatic hydroxyl groups is 1. The first-order chi connectivity index (χ1) is 8.35. The molecule has 0 heterocycles. The second-order valence-corrected chi connectivity index (χ2v) is 3.95. The highest BCUT2D eigenvalue weighted by Gasteiger charge is 1.89. The van der Waals surface area contributed by atoms with Crippen LogP contribution in [0.1, 0.15) is 31.2 Å². The van der Waals surface area contributed by atoms with Crippen LogP contribution in [0, 0.1) is 0 Å². The summed E-state index contributed by atoms with van der Waals surface area (Å²) in [5.74, 6) is 0. The zero-order chi connectivity index (χ0) is 12.8. The summed E-state index contributed by atoms with van der Waals surface area (Å²) in [6.07, 6.45) is 5.29. The van der Waals surface area contributed by atoms with Gasteiger partial charge in [-0.1, -0.05) is 30.3 Å². The summed E-state index contributed by atoms with van der Waals surface area (Å²) in [7, 11) is 0. The fraction of sp³-hybridized carbons (Fsp3) is 0.571. The van der Waals surface area contributed by atoms with E-state index >= 15 is 0 Å². The standard InChI is InChI=1S/C10H15N.C4H11NO/c11-9-5-4-8-10-6-2-1-3-7-10;5-3-1-2-4-6/h1-3,6-7H,4-5,8-9,11H2;6H,1-5H2. The number of hydrogen-bond acceptors (Lipinski definition) is 3. The SMILES string of the molecule is NCCCCO.NCCCCc1ccccc1. The van der Waals surface area contributed by atoms with Crippen molar-refractivity contribution in [1.82, 2.24) is 0 Å². The third-order valence-corrected chi connectivity index (χ3v) is 2.37. The highest BCUT2D eigenvalue weighted by molar-refractivity contribution is 5.14. The first-order valence-corrected chi connectivity index (χ1v) is 6.40. The quantitative estimate of drug-likeness (QED) is 0.633. The van der Waals surface area contributed by atoms with Crippen LogP contribution in [0.4, 0.5) is 0 Å². The molecule has 3 heteroatoms. The maximum Gasteiger partial charge on any atom is 0.0431 e. The van der Waals surface area contributed by atoms with Crippen molar-refractivity contribution in [1.29, 1.82) is 0 Å². The molecule has 0 radical (unpaired) electrons. The molecular formula is C14H26N2O. The summed E-state index contributed by atoms with van der Waals surface area (Å²) in [5.41, 5.74) is 11.9. The maximum atomic E-state index is 8.14. The van der Waals surface area contributed by atoms with Crippen molar-refractivity contribution in [3.05, 3.63) is 35.9 Å². The van der Waals surface area contributed by atoms with Crippen LogP contribution < -0.4 is 11.5 Å². The van der Waals surface area contributed by atoms with Gasteiger partial charge in [-0.05, 0) is 50.8 Å². The molecule has 0 aliphatic rings. The Balaban J connectivity index is 0.000000366. The average molecular weight is 238 g/mol. The van der Waals surface area contributed by atoms with Gasteiger partial charge in [0.25, 0.3) is 0 Å². The lowest BCUT2D eigenvalue weighted by atomic mass is 10.1. The number of unbranched alkanes of at least 4 members (excludes halogenated alkanes) is 2. The van der Waals surface area contributed by atoms with Crippen molar-refractivity contribution in [2.45, 2.75) is 32.1 Å². The molecule has 0 aliphatic carbocycles. The number of aryl methyl sites for hydroxylation is 1. The normalized spacial score (nSPS) is 9.59. The summed E-state index contributed by atoms with van der Waals surface area (Å²) in [6.45, 7) is 1.78. The Morgan fingerprint density at radius 3 is 1.88 bits per heavy atom. The first kappa shape index (κ1) is 16.1. The van der Waals surface area contributed by atoms with Gasteiger partial charge < -0.3 is 16.6 Å². The van der Waals surface area contributed by atoms with E-state index in [1.165, 1.54) is 12.0 Å². The largest absolute Gasteiger partial charge is 0.396 e. The minimum atomic E-state index is 0.275. The third kappa shape index (κ3) is 11.4. The molecule has 0 atom stereocenters. The average Bonchev–Trinajstić information content (AvgIpc) is 2.39. The van der Waals surface area contributed by atoms with E-state index in [2.05, 4.69) is 24.3 Å². The molecule has 0 saturated heterocycles. The van der Waals surface area contributed by atoms with E-state index in [1.807, 2.05) is 6.07 Å². The first-order valence-electron chi connectivity index (χ1n) is 6.40. The van der Waals surface area contributed by atoms with Gasteiger partial charge in [-0.3, -0.25) is 0 Å². The maximum absolute atomic E-state index is 8.14. The Morgan fingerprint density at radius 1 is 0.824 bits per heavy atom. The van der Waals surface area contributed by atoms with Crippen molar-refractivity contribution >= 4 is 0 Å². The Morgan fingerprint density at radius 2 is 1.41 bits per heavy atom. The lowest BCUT2D eigenvalue weighted by Gasteiger charge is -1.98. The Hall–Kier alpha value is -0.900. The molecule has 0 aromatic heterocycles. The molecule has 17 heavy (non-hydrogen) atoms. The molecule has 0 aliphatic heterocycles. The fourth-order valence-corrected chi connectivity index (χ4v) is 1.37. The molecule has 98 valence electrons. The molecule has 0 unspecified atom stereocenters. The fourth-order valence-electron chi connectivity index (χ4n) is 1.37. The molecule has 3 nitrogen and oxygen atoms in total. The molecule has 0 spiro atoms. The van der Waals surface area contributed by atoms with E-state index in [4.69, 9.17) is 16.6 Å². The molecule has 1 aromatic rings. The van der Waals surface area contributed by atoms with Crippen molar-refractivity contribution < 1.29 is 5.11 Å². The molecule has 0 saturated carbocycles. The van der Waals surface area contributed by atoms with Gasteiger partial charge in [0.05, 0.1) is 0 Å². The van der Waals surface area contributed by atoms with Gasteiger partial charge in [-0.2, -0.15) is 0 Å². The van der Waals surface area contributed by atoms with Crippen molar-refractivity contribution in [3.8, 4) is 0 Å². The van der Waals surface area contributed by atoms with Crippen LogP contribution in [-0.2, 0) is 6.42 Å². The lowest BCUT2D eigenvalue weighted by molar-refractivity contribution is 0.285. The summed E-state index contributed by atoms with van der Waals surface area (Å²) in [6, 6.07) is 10.5. The summed E-state index contributed by atoms with van der Waals surface area (Å²) < 4.78 is 0.